The number of carboxylic acids is 1. The predicted octanol–water partition coefficient (Wildman–Crippen LogP) is 3.75. The molecule has 1 atom stereocenters. The van der Waals surface area contributed by atoms with Gasteiger partial charge in [-0.15, -0.1) is 0 Å². The average molecular weight is 408 g/mol. The Hall–Kier alpha value is -1.08. The maximum absolute atomic E-state index is 11.7. The summed E-state index contributed by atoms with van der Waals surface area (Å²) in [5.41, 5.74) is 1.70. The maximum atomic E-state index is 11.7. The summed E-state index contributed by atoms with van der Waals surface area (Å²) in [7, 11) is 0. The third-order valence-corrected chi connectivity index (χ3v) is 3.96. The van der Waals surface area contributed by atoms with Gasteiger partial charge in [0.15, 0.2) is 0 Å². The zero-order valence-electron chi connectivity index (χ0n) is 11.2. The van der Waals surface area contributed by atoms with E-state index in [1.165, 1.54) is 0 Å². The molecule has 1 aromatic rings. The number of aliphatic carboxylic acids is 1. The second-order valence-corrected chi connectivity index (χ2v) is 6.22. The van der Waals surface area contributed by atoms with Gasteiger partial charge in [0.2, 0.25) is 0 Å². The monoisotopic (exact) mass is 406 g/mol. The molecule has 20 heavy (non-hydrogen) atoms. The highest BCUT2D eigenvalue weighted by Gasteiger charge is 2.12. The highest BCUT2D eigenvalue weighted by atomic mass is 79.9. The fraction of sp³-hybridized carbons (Fsp3) is 0.385. The second kappa shape index (κ2) is 7.64. The Morgan fingerprint density at radius 1 is 1.30 bits per heavy atom. The van der Waals surface area contributed by atoms with E-state index >= 15 is 0 Å². The lowest BCUT2D eigenvalue weighted by atomic mass is 10.1. The van der Waals surface area contributed by atoms with E-state index in [1.54, 1.807) is 6.92 Å². The van der Waals surface area contributed by atoms with E-state index in [0.29, 0.717) is 18.7 Å². The standard InChI is InChI=1S/C13H16Br2N2O3/c1-7-5-9(14)11(10(15)6-7)17-13(20)16-4-3-8(2)12(18)19/h5-6,8H,3-4H2,1-2H3,(H,18,19)(H2,16,17,20). The van der Waals surface area contributed by atoms with Crippen molar-refractivity contribution in [1.82, 2.24) is 5.32 Å². The Labute approximate surface area is 134 Å². The second-order valence-electron chi connectivity index (χ2n) is 4.51. The van der Waals surface area contributed by atoms with Crippen molar-refractivity contribution in [3.05, 3.63) is 26.6 Å². The van der Waals surface area contributed by atoms with Crippen molar-refractivity contribution < 1.29 is 14.7 Å². The molecule has 0 aliphatic heterocycles. The molecule has 2 amide bonds. The fourth-order valence-electron chi connectivity index (χ4n) is 1.50. The molecule has 5 nitrogen and oxygen atoms in total. The lowest BCUT2D eigenvalue weighted by molar-refractivity contribution is -0.141. The van der Waals surface area contributed by atoms with Crippen molar-refractivity contribution in [2.24, 2.45) is 5.92 Å². The highest BCUT2D eigenvalue weighted by molar-refractivity contribution is 9.11. The van der Waals surface area contributed by atoms with E-state index in [2.05, 4.69) is 42.5 Å². The molecule has 0 saturated heterocycles. The first-order chi connectivity index (χ1) is 9.31. The number of carbonyl (C=O) groups is 2. The van der Waals surface area contributed by atoms with Crippen molar-refractivity contribution in [1.29, 1.82) is 0 Å². The Morgan fingerprint density at radius 3 is 2.35 bits per heavy atom. The van der Waals surface area contributed by atoms with E-state index in [1.807, 2.05) is 19.1 Å². The van der Waals surface area contributed by atoms with Gasteiger partial charge < -0.3 is 15.7 Å². The number of hydrogen-bond acceptors (Lipinski definition) is 2. The summed E-state index contributed by atoms with van der Waals surface area (Å²) >= 11 is 6.77. The molecule has 110 valence electrons. The summed E-state index contributed by atoms with van der Waals surface area (Å²) in [4.78, 5) is 22.4. The minimum atomic E-state index is -0.865. The number of urea groups is 1. The number of aryl methyl sites for hydroxylation is 1. The molecule has 0 fully saturated rings. The van der Waals surface area contributed by atoms with Crippen LogP contribution in [0.15, 0.2) is 21.1 Å². The Balaban J connectivity index is 2.53. The van der Waals surface area contributed by atoms with Crippen LogP contribution in [-0.4, -0.2) is 23.7 Å². The minimum Gasteiger partial charge on any atom is -0.481 e. The molecular formula is C13H16Br2N2O3. The first-order valence-corrected chi connectivity index (χ1v) is 7.63. The number of anilines is 1. The number of hydrogen-bond donors (Lipinski definition) is 3. The van der Waals surface area contributed by atoms with E-state index in [4.69, 9.17) is 5.11 Å². The summed E-state index contributed by atoms with van der Waals surface area (Å²) in [6, 6.07) is 3.42. The van der Waals surface area contributed by atoms with Crippen molar-refractivity contribution in [2.75, 3.05) is 11.9 Å². The third-order valence-electron chi connectivity index (χ3n) is 2.71. The van der Waals surface area contributed by atoms with Gasteiger partial charge in [0.05, 0.1) is 11.6 Å². The molecule has 0 radical (unpaired) electrons. The Bertz CT molecular complexity index is 497. The molecule has 0 aliphatic rings. The molecule has 0 spiro atoms. The van der Waals surface area contributed by atoms with Crippen molar-refractivity contribution in [3.8, 4) is 0 Å². The number of nitrogens with one attached hydrogen (secondary N) is 2. The SMILES string of the molecule is Cc1cc(Br)c(NC(=O)NCCC(C)C(=O)O)c(Br)c1. The van der Waals surface area contributed by atoms with E-state index < -0.39 is 11.9 Å². The van der Waals surface area contributed by atoms with E-state index in [0.717, 1.165) is 14.5 Å². The lowest BCUT2D eigenvalue weighted by Crippen LogP contribution is -2.31. The Kier molecular flexibility index (Phi) is 6.48. The molecule has 0 aromatic heterocycles. The molecule has 7 heteroatoms. The smallest absolute Gasteiger partial charge is 0.319 e. The average Bonchev–Trinajstić information content (AvgIpc) is 2.33. The van der Waals surface area contributed by atoms with Crippen LogP contribution in [0.5, 0.6) is 0 Å². The lowest BCUT2D eigenvalue weighted by Gasteiger charge is -2.12. The van der Waals surface area contributed by atoms with Crippen LogP contribution in [-0.2, 0) is 4.79 Å². The number of carboxylic acid groups (broad SMARTS) is 1. The predicted molar refractivity (Wildman–Crippen MR) is 85.0 cm³/mol. The molecule has 1 rings (SSSR count). The number of amides is 2. The summed E-state index contributed by atoms with van der Waals surface area (Å²) in [5.74, 6) is -1.34. The molecule has 1 unspecified atom stereocenters. The summed E-state index contributed by atoms with van der Waals surface area (Å²) in [5, 5.41) is 14.1. The largest absolute Gasteiger partial charge is 0.481 e. The number of benzene rings is 1. The van der Waals surface area contributed by atoms with Crippen molar-refractivity contribution >= 4 is 49.5 Å². The van der Waals surface area contributed by atoms with Crippen LogP contribution < -0.4 is 10.6 Å². The van der Waals surface area contributed by atoms with Gasteiger partial charge >= 0.3 is 12.0 Å². The normalized spacial score (nSPS) is 11.8. The van der Waals surface area contributed by atoms with Gasteiger partial charge in [0.1, 0.15) is 0 Å². The van der Waals surface area contributed by atoms with Gasteiger partial charge in [0, 0.05) is 15.5 Å². The van der Waals surface area contributed by atoms with Crippen LogP contribution in [0.4, 0.5) is 10.5 Å². The topological polar surface area (TPSA) is 78.4 Å². The molecule has 0 heterocycles. The van der Waals surface area contributed by atoms with Crippen LogP contribution in [0.3, 0.4) is 0 Å². The van der Waals surface area contributed by atoms with Gasteiger partial charge in [-0.3, -0.25) is 4.79 Å². The molecule has 3 N–H and O–H groups in total. The minimum absolute atomic E-state index is 0.306. The van der Waals surface area contributed by atoms with Crippen LogP contribution in [0.2, 0.25) is 0 Å². The summed E-state index contributed by atoms with van der Waals surface area (Å²) in [6.07, 6.45) is 0.388. The fourth-order valence-corrected chi connectivity index (χ4v) is 3.12. The zero-order valence-corrected chi connectivity index (χ0v) is 14.3. The maximum Gasteiger partial charge on any atom is 0.319 e. The quantitative estimate of drug-likeness (QED) is 0.695. The summed E-state index contributed by atoms with van der Waals surface area (Å²) in [6.45, 7) is 3.86. The summed E-state index contributed by atoms with van der Waals surface area (Å²) < 4.78 is 1.55. The number of carbonyl (C=O) groups excluding carboxylic acids is 1. The van der Waals surface area contributed by atoms with Gasteiger partial charge in [-0.1, -0.05) is 6.92 Å². The van der Waals surface area contributed by atoms with E-state index in [9.17, 15) is 9.59 Å². The highest BCUT2D eigenvalue weighted by Crippen LogP contribution is 2.32. The number of halogens is 2. The van der Waals surface area contributed by atoms with Gasteiger partial charge in [-0.2, -0.15) is 0 Å². The molecular weight excluding hydrogens is 392 g/mol. The first-order valence-electron chi connectivity index (χ1n) is 6.04. The molecule has 1 aromatic carbocycles. The third kappa shape index (κ3) is 5.13. The van der Waals surface area contributed by atoms with Crippen LogP contribution >= 0.6 is 31.9 Å². The Morgan fingerprint density at radius 2 is 1.85 bits per heavy atom. The molecule has 0 aliphatic carbocycles. The molecule has 0 saturated carbocycles. The van der Waals surface area contributed by atoms with Crippen LogP contribution in [0.25, 0.3) is 0 Å². The van der Waals surface area contributed by atoms with Crippen LogP contribution in [0.1, 0.15) is 18.9 Å². The van der Waals surface area contributed by atoms with Crippen molar-refractivity contribution in [3.63, 3.8) is 0 Å². The van der Waals surface area contributed by atoms with E-state index in [-0.39, 0.29) is 6.03 Å². The first kappa shape index (κ1) is 17.0. The van der Waals surface area contributed by atoms with Crippen LogP contribution in [0, 0.1) is 12.8 Å². The van der Waals surface area contributed by atoms with Gasteiger partial charge in [0.25, 0.3) is 0 Å². The van der Waals surface area contributed by atoms with Gasteiger partial charge in [-0.25, -0.2) is 4.79 Å². The zero-order chi connectivity index (χ0) is 15.3. The molecule has 0 bridgehead atoms. The number of rotatable bonds is 5. The van der Waals surface area contributed by atoms with Crippen molar-refractivity contribution in [2.45, 2.75) is 20.3 Å². The van der Waals surface area contributed by atoms with Gasteiger partial charge in [-0.05, 0) is 62.9 Å².